The Bertz CT molecular complexity index is 221. The maximum atomic E-state index is 5.72. The zero-order chi connectivity index (χ0) is 8.93. The molecule has 0 aromatic carbocycles. The molecule has 2 aliphatic rings. The Kier molecular flexibility index (Phi) is 1.63. The monoisotopic (exact) mass is 166 g/mol. The molecule has 0 radical (unpaired) electrons. The summed E-state index contributed by atoms with van der Waals surface area (Å²) >= 11 is 0. The van der Waals surface area contributed by atoms with E-state index in [9.17, 15) is 0 Å². The summed E-state index contributed by atoms with van der Waals surface area (Å²) < 4.78 is 5.72. The second-order valence-electron chi connectivity index (χ2n) is 4.71. The van der Waals surface area contributed by atoms with Gasteiger partial charge in [-0.1, -0.05) is 19.1 Å². The van der Waals surface area contributed by atoms with E-state index < -0.39 is 0 Å². The first-order chi connectivity index (χ1) is 5.54. The van der Waals surface area contributed by atoms with E-state index in [1.165, 1.54) is 18.4 Å². The predicted molar refractivity (Wildman–Crippen MR) is 50.0 cm³/mol. The van der Waals surface area contributed by atoms with Gasteiger partial charge in [-0.2, -0.15) is 0 Å². The van der Waals surface area contributed by atoms with E-state index in [0.29, 0.717) is 17.9 Å². The van der Waals surface area contributed by atoms with Crippen molar-refractivity contribution in [3.63, 3.8) is 0 Å². The molecular formula is C11H18O. The van der Waals surface area contributed by atoms with Crippen LogP contribution >= 0.6 is 0 Å². The molecule has 1 saturated heterocycles. The number of hydrogen-bond donors (Lipinski definition) is 0. The minimum atomic E-state index is 0.228. The third-order valence-electron chi connectivity index (χ3n) is 3.79. The molecule has 0 bridgehead atoms. The van der Waals surface area contributed by atoms with E-state index in [-0.39, 0.29) is 5.60 Å². The lowest BCUT2D eigenvalue weighted by Crippen LogP contribution is -2.30. The van der Waals surface area contributed by atoms with Gasteiger partial charge in [-0.15, -0.1) is 0 Å². The largest absolute Gasteiger partial charge is 0.366 e. The lowest BCUT2D eigenvalue weighted by molar-refractivity contribution is 0.231. The van der Waals surface area contributed by atoms with Gasteiger partial charge >= 0.3 is 0 Å². The summed E-state index contributed by atoms with van der Waals surface area (Å²) in [7, 11) is 0. The normalized spacial score (nSPS) is 51.4. The summed E-state index contributed by atoms with van der Waals surface area (Å²) in [5, 5.41) is 0. The van der Waals surface area contributed by atoms with Crippen LogP contribution in [0.5, 0.6) is 0 Å². The number of ether oxygens (including phenoxy) is 1. The van der Waals surface area contributed by atoms with E-state index in [0.717, 1.165) is 0 Å². The van der Waals surface area contributed by atoms with Crippen molar-refractivity contribution < 1.29 is 4.74 Å². The van der Waals surface area contributed by atoms with Gasteiger partial charge in [0.05, 0.1) is 11.7 Å². The average molecular weight is 166 g/mol. The summed E-state index contributed by atoms with van der Waals surface area (Å²) in [6.45, 7) is 10.7. The molecule has 1 heterocycles. The Labute approximate surface area is 74.8 Å². The summed E-state index contributed by atoms with van der Waals surface area (Å²) in [5.41, 5.74) is 1.56. The number of hydrogen-bond acceptors (Lipinski definition) is 1. The van der Waals surface area contributed by atoms with Crippen LogP contribution in [0.1, 0.15) is 33.6 Å². The topological polar surface area (TPSA) is 12.5 Å². The van der Waals surface area contributed by atoms with Gasteiger partial charge in [0.2, 0.25) is 0 Å². The third kappa shape index (κ3) is 1.03. The first kappa shape index (κ1) is 8.31. The number of rotatable bonds is 1. The van der Waals surface area contributed by atoms with Gasteiger partial charge in [-0.05, 0) is 38.5 Å². The lowest BCUT2D eigenvalue weighted by Gasteiger charge is -2.28. The molecule has 2 unspecified atom stereocenters. The summed E-state index contributed by atoms with van der Waals surface area (Å²) in [5.74, 6) is 1.42. The molecule has 68 valence electrons. The SMILES string of the molecule is C=C(C)[C@@H]1CC(C)[C@@]2(C)OC2C1. The van der Waals surface area contributed by atoms with Crippen molar-refractivity contribution in [3.8, 4) is 0 Å². The van der Waals surface area contributed by atoms with Gasteiger partial charge in [0.1, 0.15) is 0 Å². The molecule has 0 amide bonds. The molecule has 0 aromatic heterocycles. The van der Waals surface area contributed by atoms with Crippen LogP contribution in [0, 0.1) is 11.8 Å². The van der Waals surface area contributed by atoms with Crippen LogP contribution in [0.25, 0.3) is 0 Å². The second kappa shape index (κ2) is 2.35. The first-order valence-electron chi connectivity index (χ1n) is 4.87. The summed E-state index contributed by atoms with van der Waals surface area (Å²) in [4.78, 5) is 0. The molecule has 1 nitrogen and oxygen atoms in total. The van der Waals surface area contributed by atoms with Crippen molar-refractivity contribution in [2.75, 3.05) is 0 Å². The van der Waals surface area contributed by atoms with Crippen LogP contribution in [0.2, 0.25) is 0 Å². The molecule has 1 aliphatic heterocycles. The number of fused-ring (bicyclic) bond motifs is 1. The van der Waals surface area contributed by atoms with Crippen LogP contribution in [-0.2, 0) is 4.74 Å². The standard InChI is InChI=1S/C11H18O/c1-7(2)9-5-8(3)11(4)10(6-9)12-11/h8-10H,1,5-6H2,2-4H3/t8?,9-,10?,11-/m1/s1. The van der Waals surface area contributed by atoms with Crippen LogP contribution in [0.3, 0.4) is 0 Å². The van der Waals surface area contributed by atoms with Crippen molar-refractivity contribution >= 4 is 0 Å². The van der Waals surface area contributed by atoms with E-state index in [1.807, 2.05) is 0 Å². The smallest absolute Gasteiger partial charge is 0.0946 e. The fourth-order valence-corrected chi connectivity index (χ4v) is 2.41. The highest BCUT2D eigenvalue weighted by molar-refractivity contribution is 5.12. The molecule has 0 spiro atoms. The Hall–Kier alpha value is -0.300. The van der Waals surface area contributed by atoms with Gasteiger partial charge < -0.3 is 4.74 Å². The van der Waals surface area contributed by atoms with E-state index in [4.69, 9.17) is 4.74 Å². The van der Waals surface area contributed by atoms with Crippen LogP contribution < -0.4 is 0 Å². The molecule has 12 heavy (non-hydrogen) atoms. The van der Waals surface area contributed by atoms with Crippen molar-refractivity contribution in [1.29, 1.82) is 0 Å². The zero-order valence-electron chi connectivity index (χ0n) is 8.26. The van der Waals surface area contributed by atoms with Crippen molar-refractivity contribution in [1.82, 2.24) is 0 Å². The Morgan fingerprint density at radius 3 is 2.67 bits per heavy atom. The van der Waals surface area contributed by atoms with Gasteiger partial charge in [0.15, 0.2) is 0 Å². The molecule has 1 saturated carbocycles. The third-order valence-corrected chi connectivity index (χ3v) is 3.79. The van der Waals surface area contributed by atoms with Crippen LogP contribution in [0.4, 0.5) is 0 Å². The number of allylic oxidation sites excluding steroid dienone is 1. The highest BCUT2D eigenvalue weighted by Crippen LogP contribution is 2.53. The Balaban J connectivity index is 2.06. The molecule has 1 aliphatic carbocycles. The first-order valence-corrected chi connectivity index (χ1v) is 4.87. The molecule has 1 heteroatoms. The van der Waals surface area contributed by atoms with Crippen molar-refractivity contribution in [2.24, 2.45) is 11.8 Å². The highest BCUT2D eigenvalue weighted by atomic mass is 16.6. The summed E-state index contributed by atoms with van der Waals surface area (Å²) in [6.07, 6.45) is 3.00. The molecule has 4 atom stereocenters. The minimum Gasteiger partial charge on any atom is -0.366 e. The van der Waals surface area contributed by atoms with Gasteiger partial charge in [-0.3, -0.25) is 0 Å². The maximum absolute atomic E-state index is 5.72. The predicted octanol–water partition coefficient (Wildman–Crippen LogP) is 2.77. The van der Waals surface area contributed by atoms with Crippen molar-refractivity contribution in [3.05, 3.63) is 12.2 Å². The fourth-order valence-electron chi connectivity index (χ4n) is 2.41. The molecule has 0 aromatic rings. The summed E-state index contributed by atoms with van der Waals surface area (Å²) in [6, 6.07) is 0. The second-order valence-corrected chi connectivity index (χ2v) is 4.71. The Morgan fingerprint density at radius 1 is 1.50 bits per heavy atom. The fraction of sp³-hybridized carbons (Fsp3) is 0.818. The average Bonchev–Trinajstić information content (AvgIpc) is 2.62. The molecular weight excluding hydrogens is 148 g/mol. The highest BCUT2D eigenvalue weighted by Gasteiger charge is 2.59. The Morgan fingerprint density at radius 2 is 2.17 bits per heavy atom. The maximum Gasteiger partial charge on any atom is 0.0946 e. The lowest BCUT2D eigenvalue weighted by atomic mass is 9.74. The zero-order valence-corrected chi connectivity index (χ0v) is 8.26. The van der Waals surface area contributed by atoms with E-state index >= 15 is 0 Å². The van der Waals surface area contributed by atoms with Gasteiger partial charge in [0.25, 0.3) is 0 Å². The quantitative estimate of drug-likeness (QED) is 0.431. The molecule has 0 N–H and O–H groups in total. The number of epoxide rings is 1. The molecule has 2 rings (SSSR count). The minimum absolute atomic E-state index is 0.228. The van der Waals surface area contributed by atoms with E-state index in [2.05, 4.69) is 27.4 Å². The molecule has 2 fully saturated rings. The van der Waals surface area contributed by atoms with Gasteiger partial charge in [-0.25, -0.2) is 0 Å². The van der Waals surface area contributed by atoms with Crippen molar-refractivity contribution in [2.45, 2.75) is 45.3 Å². The van der Waals surface area contributed by atoms with Gasteiger partial charge in [0, 0.05) is 0 Å². The van der Waals surface area contributed by atoms with Crippen LogP contribution in [-0.4, -0.2) is 11.7 Å². The van der Waals surface area contributed by atoms with Crippen LogP contribution in [0.15, 0.2) is 12.2 Å². The van der Waals surface area contributed by atoms with E-state index in [1.54, 1.807) is 0 Å².